The second-order valence-electron chi connectivity index (χ2n) is 16.7. The van der Waals surface area contributed by atoms with E-state index < -0.39 is 68.7 Å². The summed E-state index contributed by atoms with van der Waals surface area (Å²) >= 11 is 0. The summed E-state index contributed by atoms with van der Waals surface area (Å²) < 4.78 is 40.5. The average molecular weight is 776 g/mol. The third kappa shape index (κ3) is 7.93. The molecule has 13 nitrogen and oxygen atoms in total. The molecule has 55 heavy (non-hydrogen) atoms. The fourth-order valence-corrected chi connectivity index (χ4v) is 10.9. The topological polar surface area (TPSA) is 173 Å². The van der Waals surface area contributed by atoms with Crippen molar-refractivity contribution in [2.75, 3.05) is 6.54 Å². The minimum Gasteiger partial charge on any atom is -0.487 e. The summed E-state index contributed by atoms with van der Waals surface area (Å²) in [7, 11) is -3.88. The first kappa shape index (κ1) is 37.7. The molecule has 4 saturated carbocycles. The zero-order valence-corrected chi connectivity index (χ0v) is 32.2. The molecular weight excluding hydrogens is 723 g/mol. The molecule has 8 rings (SSSR count). The maximum absolute atomic E-state index is 14.8. The Labute approximate surface area is 322 Å². The third-order valence-electron chi connectivity index (χ3n) is 12.9. The summed E-state index contributed by atoms with van der Waals surface area (Å²) in [5, 5.41) is 6.13. The highest BCUT2D eigenvalue weighted by Crippen LogP contribution is 2.46. The van der Waals surface area contributed by atoms with Crippen LogP contribution in [0.25, 0.3) is 10.9 Å². The predicted molar refractivity (Wildman–Crippen MR) is 204 cm³/mol. The number of sulfonamides is 1. The lowest BCUT2D eigenvalue weighted by molar-refractivity contribution is -0.142. The molecule has 7 atom stereocenters. The second-order valence-corrected chi connectivity index (χ2v) is 18.7. The van der Waals surface area contributed by atoms with Gasteiger partial charge in [-0.1, -0.05) is 50.0 Å². The van der Waals surface area contributed by atoms with E-state index in [0.29, 0.717) is 25.0 Å². The molecule has 1 saturated heterocycles. The van der Waals surface area contributed by atoms with Gasteiger partial charge in [0.1, 0.15) is 35.6 Å². The lowest BCUT2D eigenvalue weighted by Crippen LogP contribution is -2.59. The Hall–Kier alpha value is -4.20. The van der Waals surface area contributed by atoms with Crippen LogP contribution in [0.1, 0.15) is 102 Å². The van der Waals surface area contributed by atoms with Gasteiger partial charge in [-0.2, -0.15) is 0 Å². The number of ether oxygens (including phenoxy) is 2. The van der Waals surface area contributed by atoms with Crippen LogP contribution in [0.3, 0.4) is 0 Å². The molecule has 3 heterocycles. The fourth-order valence-electron chi connectivity index (χ4n) is 9.50. The Bertz CT molecular complexity index is 1950. The minimum absolute atomic E-state index is 0.0635. The Balaban J connectivity index is 1.12. The van der Waals surface area contributed by atoms with Gasteiger partial charge in [-0.25, -0.2) is 18.2 Å². The highest BCUT2D eigenvalue weighted by molar-refractivity contribution is 7.91. The molecule has 3 N–H and O–H groups in total. The highest BCUT2D eigenvalue weighted by atomic mass is 32.2. The predicted octanol–water partition coefficient (Wildman–Crippen LogP) is 4.82. The Morgan fingerprint density at radius 2 is 1.69 bits per heavy atom. The highest BCUT2D eigenvalue weighted by Gasteiger charge is 2.62. The van der Waals surface area contributed by atoms with E-state index in [1.165, 1.54) is 4.90 Å². The van der Waals surface area contributed by atoms with E-state index in [1.54, 1.807) is 6.08 Å². The van der Waals surface area contributed by atoms with Crippen LogP contribution in [0.2, 0.25) is 0 Å². The van der Waals surface area contributed by atoms with Crippen LogP contribution < -0.4 is 20.1 Å². The molecule has 0 spiro atoms. The summed E-state index contributed by atoms with van der Waals surface area (Å²) in [5.41, 5.74) is 0.172. The van der Waals surface area contributed by atoms with E-state index in [1.807, 2.05) is 30.3 Å². The average Bonchev–Trinajstić information content (AvgIpc) is 3.95. The van der Waals surface area contributed by atoms with E-state index in [2.05, 4.69) is 21.9 Å². The van der Waals surface area contributed by atoms with Crippen LogP contribution in [0.5, 0.6) is 5.75 Å². The smallest absolute Gasteiger partial charge is 0.408 e. The first-order valence-electron chi connectivity index (χ1n) is 20.4. The quantitative estimate of drug-likeness (QED) is 0.334. The molecule has 6 aliphatic rings. The van der Waals surface area contributed by atoms with Crippen molar-refractivity contribution in [3.63, 3.8) is 0 Å². The van der Waals surface area contributed by atoms with Crippen LogP contribution in [-0.4, -0.2) is 83.7 Å². The van der Waals surface area contributed by atoms with Crippen molar-refractivity contribution in [3.05, 3.63) is 48.7 Å². The van der Waals surface area contributed by atoms with Crippen molar-refractivity contribution >= 4 is 44.7 Å². The van der Waals surface area contributed by atoms with Crippen LogP contribution in [0.15, 0.2) is 43.0 Å². The molecule has 1 aromatic carbocycles. The lowest BCUT2D eigenvalue weighted by atomic mass is 9.96. The normalized spacial score (nSPS) is 31.9. The number of alkyl carbamates (subject to hydrolysis) is 1. The van der Waals surface area contributed by atoms with Gasteiger partial charge < -0.3 is 25.0 Å². The van der Waals surface area contributed by atoms with Gasteiger partial charge in [0.05, 0.1) is 23.0 Å². The molecule has 4 amide bonds. The molecule has 1 aromatic heterocycles. The molecule has 2 bridgehead atoms. The van der Waals surface area contributed by atoms with Gasteiger partial charge >= 0.3 is 6.09 Å². The SMILES string of the molecule is C=C[C@@H]1C[C@]1(NC(=O)[C@@H]1C[C@@H]2CN1C(=O)[C@H](C1CCCC1)NC(=O)OC1CCC[C@H]1CCCCCc1nc3ccccc3cc1O2)C(=O)NS(=O)(=O)C1CC1. The summed E-state index contributed by atoms with van der Waals surface area (Å²) in [6.07, 6.45) is 12.0. The van der Waals surface area contributed by atoms with Gasteiger partial charge in [0.25, 0.3) is 5.91 Å². The molecule has 296 valence electrons. The number of amides is 4. The number of pyridine rings is 1. The van der Waals surface area contributed by atoms with Crippen molar-refractivity contribution in [1.29, 1.82) is 0 Å². The van der Waals surface area contributed by atoms with E-state index in [4.69, 9.17) is 14.5 Å². The summed E-state index contributed by atoms with van der Waals surface area (Å²) in [5.74, 6) is -1.54. The minimum atomic E-state index is -3.88. The van der Waals surface area contributed by atoms with E-state index in [-0.39, 0.29) is 37.3 Å². The van der Waals surface area contributed by atoms with Gasteiger partial charge in [0, 0.05) is 17.7 Å². The van der Waals surface area contributed by atoms with Crippen molar-refractivity contribution < 1.29 is 37.1 Å². The molecule has 1 unspecified atom stereocenters. The number of rotatable bonds is 7. The van der Waals surface area contributed by atoms with E-state index in [0.717, 1.165) is 87.2 Å². The van der Waals surface area contributed by atoms with Crippen molar-refractivity contribution in [3.8, 4) is 5.75 Å². The van der Waals surface area contributed by atoms with Gasteiger partial charge in [0.2, 0.25) is 21.8 Å². The molecule has 2 aromatic rings. The number of aryl methyl sites for hydroxylation is 1. The molecule has 2 aliphatic heterocycles. The number of carbonyl (C=O) groups is 4. The summed E-state index contributed by atoms with van der Waals surface area (Å²) in [4.78, 5) is 63.0. The number of aromatic nitrogens is 1. The zero-order valence-electron chi connectivity index (χ0n) is 31.4. The van der Waals surface area contributed by atoms with Gasteiger partial charge in [-0.05, 0) is 94.6 Å². The lowest BCUT2D eigenvalue weighted by Gasteiger charge is -2.32. The Morgan fingerprint density at radius 1 is 0.945 bits per heavy atom. The first-order valence-corrected chi connectivity index (χ1v) is 21.9. The Kier molecular flexibility index (Phi) is 10.5. The molecule has 5 fully saturated rings. The number of para-hydroxylation sites is 1. The van der Waals surface area contributed by atoms with Crippen molar-refractivity contribution in [1.82, 2.24) is 25.2 Å². The monoisotopic (exact) mass is 775 g/mol. The van der Waals surface area contributed by atoms with Crippen molar-refractivity contribution in [2.45, 2.75) is 138 Å². The maximum Gasteiger partial charge on any atom is 0.408 e. The van der Waals surface area contributed by atoms with Crippen LogP contribution >= 0.6 is 0 Å². The fraction of sp³-hybridized carbons (Fsp3) is 0.634. The number of carbonyl (C=O) groups excluding carboxylic acids is 4. The second kappa shape index (κ2) is 15.4. The van der Waals surface area contributed by atoms with Crippen LogP contribution in [-0.2, 0) is 35.6 Å². The van der Waals surface area contributed by atoms with Gasteiger partial charge in [-0.15, -0.1) is 6.58 Å². The standard InChI is InChI=1S/C41H53N5O8S/c1-2-28-23-41(28,39(49)45-55(51,52)30-19-20-30)44-37(47)33-22-29-24-46(33)38(48)36(26-12-6-7-13-26)43-40(50)54-34-18-10-15-25(34)11-4-3-5-17-32-35(53-29)21-27-14-8-9-16-31(27)42-32/h2,8-9,14,16,21,25-26,28-30,33-34,36H,1,3-7,10-13,15,17-20,22-24H2,(H,43,50)(H,44,47)(H,45,49)/t25-,28-,29-,33+,34?,36+,41-/m1/s1. The zero-order chi connectivity index (χ0) is 38.3. The first-order chi connectivity index (χ1) is 26.5. The third-order valence-corrected chi connectivity index (χ3v) is 14.7. The van der Waals surface area contributed by atoms with Gasteiger partial charge in [-0.3, -0.25) is 19.1 Å². The number of hydrogen-bond donors (Lipinski definition) is 3. The number of benzene rings is 1. The van der Waals surface area contributed by atoms with Gasteiger partial charge in [0.15, 0.2) is 0 Å². The molecule has 0 radical (unpaired) electrons. The number of nitrogens with one attached hydrogen (secondary N) is 3. The number of nitrogens with zero attached hydrogens (tertiary/aromatic N) is 2. The van der Waals surface area contributed by atoms with E-state index in [9.17, 15) is 27.6 Å². The number of hydrogen-bond acceptors (Lipinski definition) is 9. The molecule has 14 heteroatoms. The summed E-state index contributed by atoms with van der Waals surface area (Å²) in [6.45, 7) is 3.88. The largest absolute Gasteiger partial charge is 0.487 e. The van der Waals surface area contributed by atoms with Crippen LogP contribution in [0, 0.1) is 17.8 Å². The van der Waals surface area contributed by atoms with Crippen molar-refractivity contribution in [2.24, 2.45) is 17.8 Å². The molecular formula is C41H53N5O8S. The molecule has 4 aliphatic carbocycles. The Morgan fingerprint density at radius 3 is 2.45 bits per heavy atom. The van der Waals surface area contributed by atoms with Crippen LogP contribution in [0.4, 0.5) is 4.79 Å². The van der Waals surface area contributed by atoms with E-state index >= 15 is 0 Å². The summed E-state index contributed by atoms with van der Waals surface area (Å²) in [6, 6.07) is 7.87. The number of fused-ring (bicyclic) bond motifs is 5. The maximum atomic E-state index is 14.8.